The Morgan fingerprint density at radius 3 is 1.77 bits per heavy atom. The van der Waals surface area contributed by atoms with E-state index in [2.05, 4.69) is 0 Å². The molecule has 140 valence electrons. The van der Waals surface area contributed by atoms with Gasteiger partial charge in [0, 0.05) is 0 Å². The summed E-state index contributed by atoms with van der Waals surface area (Å²) in [6.45, 7) is 8.37. The monoisotopic (exact) mass is 361 g/mol. The Hall–Kier alpha value is -2.70. The molecule has 0 atom stereocenters. The molecule has 7 nitrogen and oxygen atoms in total. The molecule has 0 radical (unpaired) electrons. The summed E-state index contributed by atoms with van der Waals surface area (Å²) in [6.07, 6.45) is 0.223. The van der Waals surface area contributed by atoms with Crippen LogP contribution in [0.15, 0.2) is 24.3 Å². The van der Waals surface area contributed by atoms with E-state index in [0.29, 0.717) is 5.06 Å². The second-order valence-corrected chi connectivity index (χ2v) is 7.12. The SMILES string of the molecule is CCC(CC)(C(=O)ON1C(=O)c2ccccc2C1=O)C(=O)OC(C)(C)C. The molecule has 2 amide bonds. The van der Waals surface area contributed by atoms with Gasteiger partial charge < -0.3 is 9.57 Å². The molecule has 0 spiro atoms. The minimum atomic E-state index is -1.59. The number of esters is 1. The van der Waals surface area contributed by atoms with E-state index in [1.54, 1.807) is 46.8 Å². The average molecular weight is 361 g/mol. The fraction of sp³-hybridized carbons (Fsp3) is 0.474. The molecular formula is C19H23NO6. The van der Waals surface area contributed by atoms with Gasteiger partial charge in [-0.25, -0.2) is 4.79 Å². The van der Waals surface area contributed by atoms with Crippen molar-refractivity contribution in [1.82, 2.24) is 5.06 Å². The van der Waals surface area contributed by atoms with Crippen LogP contribution < -0.4 is 0 Å². The summed E-state index contributed by atoms with van der Waals surface area (Å²) in [6, 6.07) is 6.17. The fourth-order valence-corrected chi connectivity index (χ4v) is 2.71. The lowest BCUT2D eigenvalue weighted by Gasteiger charge is -2.31. The van der Waals surface area contributed by atoms with E-state index in [1.165, 1.54) is 12.1 Å². The normalized spacial score (nSPS) is 14.3. The van der Waals surface area contributed by atoms with E-state index in [1.807, 2.05) is 0 Å². The number of hydrogen-bond acceptors (Lipinski definition) is 6. The van der Waals surface area contributed by atoms with E-state index < -0.39 is 34.8 Å². The fourth-order valence-electron chi connectivity index (χ4n) is 2.71. The zero-order valence-corrected chi connectivity index (χ0v) is 15.6. The molecule has 0 aliphatic carbocycles. The molecule has 1 heterocycles. The Morgan fingerprint density at radius 1 is 0.923 bits per heavy atom. The molecular weight excluding hydrogens is 338 g/mol. The maximum Gasteiger partial charge on any atom is 0.350 e. The maximum atomic E-state index is 12.8. The molecule has 1 aromatic carbocycles. The van der Waals surface area contributed by atoms with Crippen LogP contribution in [0.2, 0.25) is 0 Å². The van der Waals surface area contributed by atoms with Gasteiger partial charge in [0.05, 0.1) is 11.1 Å². The minimum Gasteiger partial charge on any atom is -0.459 e. The van der Waals surface area contributed by atoms with Gasteiger partial charge in [0.1, 0.15) is 5.60 Å². The minimum absolute atomic E-state index is 0.112. The molecule has 0 aromatic heterocycles. The van der Waals surface area contributed by atoms with Crippen LogP contribution in [0, 0.1) is 5.41 Å². The van der Waals surface area contributed by atoms with E-state index >= 15 is 0 Å². The predicted molar refractivity (Wildman–Crippen MR) is 91.9 cm³/mol. The van der Waals surface area contributed by atoms with Crippen molar-refractivity contribution in [1.29, 1.82) is 0 Å². The molecule has 0 saturated heterocycles. The van der Waals surface area contributed by atoms with Gasteiger partial charge in [0.15, 0.2) is 5.41 Å². The number of imide groups is 1. The number of rotatable bonds is 5. The highest BCUT2D eigenvalue weighted by atomic mass is 16.7. The van der Waals surface area contributed by atoms with Crippen LogP contribution in [0.3, 0.4) is 0 Å². The standard InChI is InChI=1S/C19H23NO6/c1-6-19(7-2,16(23)25-18(3,4)5)17(24)26-20-14(21)12-10-8-9-11-13(12)15(20)22/h8-11H,6-7H2,1-5H3. The highest BCUT2D eigenvalue weighted by Gasteiger charge is 2.50. The van der Waals surface area contributed by atoms with Gasteiger partial charge in [-0.1, -0.05) is 31.0 Å². The summed E-state index contributed by atoms with van der Waals surface area (Å²) >= 11 is 0. The van der Waals surface area contributed by atoms with Crippen molar-refractivity contribution in [2.75, 3.05) is 0 Å². The van der Waals surface area contributed by atoms with Crippen LogP contribution in [0.25, 0.3) is 0 Å². The van der Waals surface area contributed by atoms with Gasteiger partial charge in [-0.15, -0.1) is 0 Å². The third kappa shape index (κ3) is 3.34. The number of amides is 2. The molecule has 0 bridgehead atoms. The summed E-state index contributed by atoms with van der Waals surface area (Å²) in [5.74, 6) is -3.18. The lowest BCUT2D eigenvalue weighted by Crippen LogP contribution is -2.47. The van der Waals surface area contributed by atoms with Gasteiger partial charge in [-0.2, -0.15) is 0 Å². The predicted octanol–water partition coefficient (Wildman–Crippen LogP) is 2.89. The van der Waals surface area contributed by atoms with Gasteiger partial charge in [0.25, 0.3) is 11.8 Å². The lowest BCUT2D eigenvalue weighted by molar-refractivity contribution is -0.194. The zero-order chi connectivity index (χ0) is 19.7. The Bertz CT molecular complexity index is 723. The van der Waals surface area contributed by atoms with Crippen molar-refractivity contribution in [3.8, 4) is 0 Å². The molecule has 1 aliphatic rings. The van der Waals surface area contributed by atoms with Crippen molar-refractivity contribution in [2.24, 2.45) is 5.41 Å². The van der Waals surface area contributed by atoms with Gasteiger partial charge in [0.2, 0.25) is 0 Å². The molecule has 0 unspecified atom stereocenters. The Balaban J connectivity index is 2.28. The lowest BCUT2D eigenvalue weighted by atomic mass is 9.82. The smallest absolute Gasteiger partial charge is 0.350 e. The number of carbonyl (C=O) groups excluding carboxylic acids is 4. The first-order valence-corrected chi connectivity index (χ1v) is 8.51. The third-order valence-corrected chi connectivity index (χ3v) is 4.32. The number of fused-ring (bicyclic) bond motifs is 1. The first-order valence-electron chi connectivity index (χ1n) is 8.51. The molecule has 26 heavy (non-hydrogen) atoms. The molecule has 0 N–H and O–H groups in total. The largest absolute Gasteiger partial charge is 0.459 e. The number of hydrogen-bond donors (Lipinski definition) is 0. The van der Waals surface area contributed by atoms with Crippen LogP contribution in [-0.2, 0) is 19.2 Å². The van der Waals surface area contributed by atoms with Gasteiger partial charge in [-0.05, 0) is 45.7 Å². The van der Waals surface area contributed by atoms with Crippen LogP contribution in [0.4, 0.5) is 0 Å². The van der Waals surface area contributed by atoms with Gasteiger partial charge >= 0.3 is 11.9 Å². The summed E-state index contributed by atoms with van der Waals surface area (Å²) in [7, 11) is 0. The third-order valence-electron chi connectivity index (χ3n) is 4.32. The van der Waals surface area contributed by atoms with Crippen LogP contribution in [-0.4, -0.2) is 34.4 Å². The first-order chi connectivity index (χ1) is 12.1. The molecule has 0 saturated carbocycles. The van der Waals surface area contributed by atoms with E-state index in [-0.39, 0.29) is 24.0 Å². The summed E-state index contributed by atoms with van der Waals surface area (Å²) in [4.78, 5) is 55.2. The highest BCUT2D eigenvalue weighted by Crippen LogP contribution is 2.33. The van der Waals surface area contributed by atoms with E-state index in [4.69, 9.17) is 9.57 Å². The van der Waals surface area contributed by atoms with Crippen molar-refractivity contribution >= 4 is 23.8 Å². The number of nitrogens with zero attached hydrogens (tertiary/aromatic N) is 1. The average Bonchev–Trinajstić information content (AvgIpc) is 2.80. The van der Waals surface area contributed by atoms with Crippen molar-refractivity contribution in [3.05, 3.63) is 35.4 Å². The van der Waals surface area contributed by atoms with E-state index in [0.717, 1.165) is 0 Å². The van der Waals surface area contributed by atoms with Crippen molar-refractivity contribution in [3.63, 3.8) is 0 Å². The quantitative estimate of drug-likeness (QED) is 0.455. The molecule has 1 aliphatic heterocycles. The van der Waals surface area contributed by atoms with Crippen molar-refractivity contribution in [2.45, 2.75) is 53.1 Å². The van der Waals surface area contributed by atoms with Crippen LogP contribution >= 0.6 is 0 Å². The Kier molecular flexibility index (Phi) is 5.21. The zero-order valence-electron chi connectivity index (χ0n) is 15.6. The maximum absolute atomic E-state index is 12.8. The number of carbonyl (C=O) groups is 4. The summed E-state index contributed by atoms with van der Waals surface area (Å²) in [5.41, 5.74) is -2.08. The summed E-state index contributed by atoms with van der Waals surface area (Å²) < 4.78 is 5.36. The molecule has 1 aromatic rings. The Morgan fingerprint density at radius 2 is 1.38 bits per heavy atom. The molecule has 7 heteroatoms. The van der Waals surface area contributed by atoms with E-state index in [9.17, 15) is 19.2 Å². The van der Waals surface area contributed by atoms with Crippen LogP contribution in [0.1, 0.15) is 68.2 Å². The van der Waals surface area contributed by atoms with Crippen LogP contribution in [0.5, 0.6) is 0 Å². The van der Waals surface area contributed by atoms with Crippen molar-refractivity contribution < 1.29 is 28.8 Å². The topological polar surface area (TPSA) is 90.0 Å². The second kappa shape index (κ2) is 6.90. The number of benzene rings is 1. The number of ether oxygens (including phenoxy) is 1. The second-order valence-electron chi connectivity index (χ2n) is 7.12. The summed E-state index contributed by atoms with van der Waals surface area (Å²) in [5, 5.41) is 0.414. The Labute approximate surface area is 152 Å². The highest BCUT2D eigenvalue weighted by molar-refractivity contribution is 6.21. The number of hydroxylamine groups is 2. The molecule has 0 fully saturated rings. The first kappa shape index (κ1) is 19.6. The van der Waals surface area contributed by atoms with Gasteiger partial charge in [-0.3, -0.25) is 14.4 Å². The molecule has 2 rings (SSSR count).